The molecule has 0 fully saturated rings. The molecule has 4 rings (SSSR count). The van der Waals surface area contributed by atoms with Gasteiger partial charge >= 0.3 is 0 Å². The molecule has 0 bridgehead atoms. The predicted molar refractivity (Wildman–Crippen MR) is 141 cm³/mol. The van der Waals surface area contributed by atoms with Gasteiger partial charge in [0.1, 0.15) is 7.14 Å². The molecule has 0 heterocycles. The molecule has 6 heteroatoms. The van der Waals surface area contributed by atoms with Crippen LogP contribution in [-0.4, -0.2) is 16.4 Å². The number of benzene rings is 4. The number of hydrogen-bond donors (Lipinski definition) is 0. The summed E-state index contributed by atoms with van der Waals surface area (Å²) in [6.45, 7) is 0. The molecule has 174 valence electrons. The first-order valence-corrected chi connectivity index (χ1v) is 13.0. The van der Waals surface area contributed by atoms with Crippen LogP contribution in [0.5, 0.6) is 0 Å². The number of carbonyl (C=O) groups is 1. The van der Waals surface area contributed by atoms with Crippen LogP contribution in [0.1, 0.15) is 22.3 Å². The van der Waals surface area contributed by atoms with Gasteiger partial charge in [-0.05, 0) is 5.56 Å². The number of allylic oxidation sites excluding steroid dienone is 1. The van der Waals surface area contributed by atoms with Gasteiger partial charge < -0.3 is 4.57 Å². The van der Waals surface area contributed by atoms with Crippen molar-refractivity contribution in [2.75, 3.05) is 0 Å². The lowest BCUT2D eigenvalue weighted by molar-refractivity contribution is -0.384. The second-order valence-electron chi connectivity index (χ2n) is 8.10. The number of Topliss-reactive ketones (excluding diaryl/α,β-unsaturated/α-hetero) is 1. The largest absolute Gasteiger partial charge is 0.313 e. The van der Waals surface area contributed by atoms with Gasteiger partial charge in [-0.2, -0.15) is 0 Å². The fraction of sp³-hybridized carbons (Fsp3) is 0.0690. The van der Waals surface area contributed by atoms with Crippen LogP contribution in [-0.2, 0) is 4.57 Å². The first kappa shape index (κ1) is 24.1. The molecular formula is C29H24NO4P. The summed E-state index contributed by atoms with van der Waals surface area (Å²) in [5, 5.41) is 12.5. The van der Waals surface area contributed by atoms with E-state index in [4.69, 9.17) is 0 Å². The molecule has 0 spiro atoms. The Kier molecular flexibility index (Phi) is 7.49. The number of rotatable bonds is 9. The van der Waals surface area contributed by atoms with Gasteiger partial charge in [-0.15, -0.1) is 0 Å². The van der Waals surface area contributed by atoms with Crippen molar-refractivity contribution in [3.05, 3.63) is 143 Å². The van der Waals surface area contributed by atoms with E-state index < -0.39 is 17.7 Å². The van der Waals surface area contributed by atoms with Gasteiger partial charge in [0.15, 0.2) is 5.78 Å². The fourth-order valence-corrected chi connectivity index (χ4v) is 7.08. The molecular weight excluding hydrogens is 457 g/mol. The Morgan fingerprint density at radius 3 is 1.89 bits per heavy atom. The summed E-state index contributed by atoms with van der Waals surface area (Å²) in [7, 11) is -3.32. The van der Waals surface area contributed by atoms with E-state index in [1.165, 1.54) is 18.2 Å². The van der Waals surface area contributed by atoms with E-state index in [0.29, 0.717) is 10.6 Å². The third-order valence-electron chi connectivity index (χ3n) is 5.83. The van der Waals surface area contributed by atoms with Crippen molar-refractivity contribution in [3.8, 4) is 0 Å². The molecule has 0 N–H and O–H groups in total. The number of nitrogens with zero attached hydrogens (tertiary/aromatic N) is 1. The fourth-order valence-electron chi connectivity index (χ4n) is 4.04. The molecule has 4 aromatic rings. The molecule has 0 saturated carbocycles. The average Bonchev–Trinajstić information content (AvgIpc) is 2.92. The van der Waals surface area contributed by atoms with Crippen molar-refractivity contribution in [3.63, 3.8) is 0 Å². The molecule has 35 heavy (non-hydrogen) atoms. The summed E-state index contributed by atoms with van der Waals surface area (Å²) >= 11 is 0. The normalized spacial score (nSPS) is 12.3. The third-order valence-corrected chi connectivity index (χ3v) is 9.25. The van der Waals surface area contributed by atoms with Crippen LogP contribution in [0.25, 0.3) is 6.08 Å². The summed E-state index contributed by atoms with van der Waals surface area (Å²) in [6, 6.07) is 33.7. The van der Waals surface area contributed by atoms with Crippen LogP contribution in [0, 0.1) is 10.1 Å². The summed E-state index contributed by atoms with van der Waals surface area (Å²) in [5.41, 5.74) is 0.346. The van der Waals surface area contributed by atoms with Crippen molar-refractivity contribution < 1.29 is 14.3 Å². The zero-order chi connectivity index (χ0) is 24.7. The average molecular weight is 481 g/mol. The molecule has 0 radical (unpaired) electrons. The molecule has 5 nitrogen and oxygen atoms in total. The summed E-state index contributed by atoms with van der Waals surface area (Å²) in [4.78, 5) is 24.1. The number of ketones is 1. The molecule has 0 amide bonds. The van der Waals surface area contributed by atoms with E-state index in [9.17, 15) is 19.5 Å². The Labute approximate surface area is 204 Å². The first-order valence-electron chi connectivity index (χ1n) is 11.2. The molecule has 1 atom stereocenters. The Bertz CT molecular complexity index is 1340. The number of non-ortho nitro benzene ring substituents is 1. The Morgan fingerprint density at radius 1 is 0.800 bits per heavy atom. The highest BCUT2D eigenvalue weighted by molar-refractivity contribution is 7.79. The summed E-state index contributed by atoms with van der Waals surface area (Å²) < 4.78 is 15.0. The third kappa shape index (κ3) is 5.53. The van der Waals surface area contributed by atoms with E-state index in [1.807, 2.05) is 103 Å². The maximum Gasteiger partial charge on any atom is 0.270 e. The zero-order valence-electron chi connectivity index (χ0n) is 18.9. The second-order valence-corrected chi connectivity index (χ2v) is 11.1. The number of nitro benzene ring substituents is 1. The minimum Gasteiger partial charge on any atom is -0.313 e. The smallest absolute Gasteiger partial charge is 0.270 e. The molecule has 0 unspecified atom stereocenters. The number of hydrogen-bond acceptors (Lipinski definition) is 4. The first-order chi connectivity index (χ1) is 17.0. The Hall–Kier alpha value is -4.08. The van der Waals surface area contributed by atoms with Gasteiger partial charge in [-0.1, -0.05) is 115 Å². The topological polar surface area (TPSA) is 77.3 Å². The molecule has 0 aliphatic carbocycles. The standard InChI is InChI=1S/C29H24NO4P/c31-29(24-13-10-14-25(21-24)30(32)33)22-28(20-19-23-11-4-1-5-12-23)35(34,26-15-6-2-7-16-26)27-17-8-3-9-18-27/h1-21,28H,22H2/b20-19+/t28-/m1/s1. The summed E-state index contributed by atoms with van der Waals surface area (Å²) in [6.07, 6.45) is 3.65. The van der Waals surface area contributed by atoms with Crippen LogP contribution >= 0.6 is 7.14 Å². The highest BCUT2D eigenvalue weighted by atomic mass is 31.2. The van der Waals surface area contributed by atoms with Gasteiger partial charge in [-0.25, -0.2) is 0 Å². The van der Waals surface area contributed by atoms with Crippen molar-refractivity contribution >= 4 is 35.3 Å². The SMILES string of the molecule is O=C(C[C@@H](/C=C/c1ccccc1)P(=O)(c1ccccc1)c1ccccc1)c1cccc([N+](=O)[O-])c1. The van der Waals surface area contributed by atoms with Crippen LogP contribution in [0.4, 0.5) is 5.69 Å². The lowest BCUT2D eigenvalue weighted by atomic mass is 10.0. The van der Waals surface area contributed by atoms with Crippen LogP contribution < -0.4 is 10.6 Å². The molecule has 4 aromatic carbocycles. The molecule has 0 aliphatic rings. The highest BCUT2D eigenvalue weighted by Gasteiger charge is 2.36. The van der Waals surface area contributed by atoms with Gasteiger partial charge in [0.05, 0.1) is 4.92 Å². The zero-order valence-corrected chi connectivity index (χ0v) is 19.8. The summed E-state index contributed by atoms with van der Waals surface area (Å²) in [5.74, 6) is -0.302. The highest BCUT2D eigenvalue weighted by Crippen LogP contribution is 2.51. The van der Waals surface area contributed by atoms with E-state index >= 15 is 0 Å². The Balaban J connectivity index is 1.82. The van der Waals surface area contributed by atoms with Crippen LogP contribution in [0.2, 0.25) is 0 Å². The van der Waals surface area contributed by atoms with E-state index in [-0.39, 0.29) is 23.5 Å². The molecule has 0 aliphatic heterocycles. The van der Waals surface area contributed by atoms with E-state index in [1.54, 1.807) is 6.07 Å². The van der Waals surface area contributed by atoms with Crippen molar-refractivity contribution in [2.24, 2.45) is 0 Å². The lowest BCUT2D eigenvalue weighted by Gasteiger charge is -2.26. The quantitative estimate of drug-likeness (QED) is 0.122. The van der Waals surface area contributed by atoms with Gasteiger partial charge in [0.2, 0.25) is 0 Å². The maximum atomic E-state index is 15.0. The van der Waals surface area contributed by atoms with E-state index in [2.05, 4.69) is 0 Å². The lowest BCUT2D eigenvalue weighted by Crippen LogP contribution is -2.26. The predicted octanol–water partition coefficient (Wildman–Crippen LogP) is 6.26. The van der Waals surface area contributed by atoms with Gasteiger partial charge in [0, 0.05) is 40.4 Å². The number of carbonyl (C=O) groups excluding carboxylic acids is 1. The van der Waals surface area contributed by atoms with Crippen molar-refractivity contribution in [1.29, 1.82) is 0 Å². The van der Waals surface area contributed by atoms with Crippen LogP contribution in [0.3, 0.4) is 0 Å². The molecule has 0 aromatic heterocycles. The molecule has 0 saturated heterocycles. The Morgan fingerprint density at radius 2 is 1.34 bits per heavy atom. The van der Waals surface area contributed by atoms with E-state index in [0.717, 1.165) is 5.56 Å². The minimum absolute atomic E-state index is 0.0639. The van der Waals surface area contributed by atoms with Gasteiger partial charge in [-0.3, -0.25) is 14.9 Å². The van der Waals surface area contributed by atoms with Crippen molar-refractivity contribution in [1.82, 2.24) is 0 Å². The number of nitro groups is 1. The monoisotopic (exact) mass is 481 g/mol. The minimum atomic E-state index is -3.32. The second kappa shape index (κ2) is 10.9. The van der Waals surface area contributed by atoms with Gasteiger partial charge in [0.25, 0.3) is 5.69 Å². The van der Waals surface area contributed by atoms with Crippen LogP contribution in [0.15, 0.2) is 121 Å². The maximum absolute atomic E-state index is 15.0. The van der Waals surface area contributed by atoms with Crippen molar-refractivity contribution in [2.45, 2.75) is 12.1 Å².